The maximum atomic E-state index is 9.33. The van der Waals surface area contributed by atoms with Crippen LogP contribution in [-0.2, 0) is 22.7 Å². The number of rotatable bonds is 8. The molecule has 0 spiro atoms. The van der Waals surface area contributed by atoms with Crippen LogP contribution in [0, 0.1) is 11.3 Å². The molecule has 0 heterocycles. The summed E-state index contributed by atoms with van der Waals surface area (Å²) in [6.45, 7) is 0.862. The Labute approximate surface area is 139 Å². The van der Waals surface area contributed by atoms with E-state index in [0.29, 0.717) is 18.5 Å². The van der Waals surface area contributed by atoms with Gasteiger partial charge in [0.1, 0.15) is 6.10 Å². The molecule has 0 aliphatic rings. The van der Waals surface area contributed by atoms with Crippen LogP contribution in [0.25, 0.3) is 0 Å². The molecular formula is C18H18BrNO2. The minimum atomic E-state index is -0.608. The monoisotopic (exact) mass is 359 g/mol. The van der Waals surface area contributed by atoms with E-state index >= 15 is 0 Å². The van der Waals surface area contributed by atoms with Crippen LogP contribution >= 0.6 is 15.9 Å². The van der Waals surface area contributed by atoms with Gasteiger partial charge in [0, 0.05) is 5.33 Å². The average molecular weight is 360 g/mol. The summed E-state index contributed by atoms with van der Waals surface area (Å²) in [7, 11) is 0. The van der Waals surface area contributed by atoms with Gasteiger partial charge >= 0.3 is 0 Å². The summed E-state index contributed by atoms with van der Waals surface area (Å²) in [5.41, 5.74) is 2.12. The summed E-state index contributed by atoms with van der Waals surface area (Å²) in [5, 5.41) is 9.88. The molecule has 0 fully saturated rings. The highest BCUT2D eigenvalue weighted by atomic mass is 79.9. The first-order chi connectivity index (χ1) is 10.8. The Morgan fingerprint density at radius 2 is 1.36 bits per heavy atom. The van der Waals surface area contributed by atoms with Crippen molar-refractivity contribution in [2.24, 2.45) is 0 Å². The maximum Gasteiger partial charge on any atom is 0.171 e. The summed E-state index contributed by atoms with van der Waals surface area (Å²) >= 11 is 3.40. The van der Waals surface area contributed by atoms with Crippen molar-refractivity contribution >= 4 is 15.9 Å². The number of alkyl halides is 1. The van der Waals surface area contributed by atoms with Crippen molar-refractivity contribution in [3.05, 3.63) is 71.8 Å². The van der Waals surface area contributed by atoms with E-state index in [1.807, 2.05) is 60.7 Å². The van der Waals surface area contributed by atoms with Gasteiger partial charge < -0.3 is 9.47 Å². The Bertz CT molecular complexity index is 583. The van der Waals surface area contributed by atoms with Gasteiger partial charge in [-0.2, -0.15) is 5.26 Å². The third kappa shape index (κ3) is 5.27. The molecule has 2 rings (SSSR count). The lowest BCUT2D eigenvalue weighted by Gasteiger charge is -2.21. The number of halogens is 1. The van der Waals surface area contributed by atoms with E-state index in [1.165, 1.54) is 0 Å². The lowest BCUT2D eigenvalue weighted by Crippen LogP contribution is -2.31. The van der Waals surface area contributed by atoms with Gasteiger partial charge in [-0.1, -0.05) is 76.6 Å². The highest BCUT2D eigenvalue weighted by molar-refractivity contribution is 9.09. The van der Waals surface area contributed by atoms with Crippen molar-refractivity contribution in [3.8, 4) is 6.07 Å². The van der Waals surface area contributed by atoms with E-state index in [1.54, 1.807) is 0 Å². The molecule has 0 saturated heterocycles. The zero-order valence-electron chi connectivity index (χ0n) is 12.2. The van der Waals surface area contributed by atoms with Crippen molar-refractivity contribution in [2.75, 3.05) is 5.33 Å². The summed E-state index contributed by atoms with van der Waals surface area (Å²) in [6, 6.07) is 21.9. The molecule has 2 atom stereocenters. The molecule has 0 aromatic heterocycles. The van der Waals surface area contributed by atoms with Crippen molar-refractivity contribution in [1.29, 1.82) is 5.26 Å². The molecule has 4 heteroatoms. The van der Waals surface area contributed by atoms with Gasteiger partial charge in [0.15, 0.2) is 6.10 Å². The van der Waals surface area contributed by atoms with Crippen LogP contribution in [0.15, 0.2) is 60.7 Å². The quantitative estimate of drug-likeness (QED) is 0.667. The fourth-order valence-electron chi connectivity index (χ4n) is 1.98. The molecular weight excluding hydrogens is 342 g/mol. The second kappa shape index (κ2) is 9.37. The Morgan fingerprint density at radius 1 is 0.864 bits per heavy atom. The molecule has 0 aliphatic heterocycles. The summed E-state index contributed by atoms with van der Waals surface area (Å²) < 4.78 is 11.5. The lowest BCUT2D eigenvalue weighted by molar-refractivity contribution is -0.0493. The molecule has 0 saturated carbocycles. The van der Waals surface area contributed by atoms with Crippen molar-refractivity contribution < 1.29 is 9.47 Å². The van der Waals surface area contributed by atoms with Crippen LogP contribution < -0.4 is 0 Å². The first-order valence-electron chi connectivity index (χ1n) is 7.10. The summed E-state index contributed by atoms with van der Waals surface area (Å²) in [5.74, 6) is 0. The van der Waals surface area contributed by atoms with Crippen molar-refractivity contribution in [1.82, 2.24) is 0 Å². The fraction of sp³-hybridized carbons (Fsp3) is 0.278. The van der Waals surface area contributed by atoms with Gasteiger partial charge in [0.2, 0.25) is 0 Å². The number of nitrogens with zero attached hydrogens (tertiary/aromatic N) is 1. The molecule has 114 valence electrons. The molecule has 0 bridgehead atoms. The number of hydrogen-bond acceptors (Lipinski definition) is 3. The first-order valence-corrected chi connectivity index (χ1v) is 8.22. The second-order valence-corrected chi connectivity index (χ2v) is 5.48. The lowest BCUT2D eigenvalue weighted by atomic mass is 10.2. The third-order valence-electron chi connectivity index (χ3n) is 3.20. The third-order valence-corrected chi connectivity index (χ3v) is 3.83. The fourth-order valence-corrected chi connectivity index (χ4v) is 2.50. The molecule has 22 heavy (non-hydrogen) atoms. The molecule has 3 nitrogen and oxygen atoms in total. The standard InChI is InChI=1S/C18H18BrNO2/c19-11-17(21-13-15-7-3-1-4-8-15)18(12-20)22-14-16-9-5-2-6-10-16/h1-10,17-18H,11,13-14H2/t17-,18-/m1/s1. The van der Waals surface area contributed by atoms with E-state index in [4.69, 9.17) is 9.47 Å². The van der Waals surface area contributed by atoms with Gasteiger partial charge in [-0.3, -0.25) is 0 Å². The molecule has 0 unspecified atom stereocenters. The van der Waals surface area contributed by atoms with Crippen molar-refractivity contribution in [3.63, 3.8) is 0 Å². The maximum absolute atomic E-state index is 9.33. The molecule has 0 aliphatic carbocycles. The van der Waals surface area contributed by atoms with Gasteiger partial charge in [-0.25, -0.2) is 0 Å². The minimum Gasteiger partial charge on any atom is -0.369 e. The first kappa shape index (κ1) is 16.7. The van der Waals surface area contributed by atoms with Crippen LogP contribution in [-0.4, -0.2) is 17.5 Å². The van der Waals surface area contributed by atoms with E-state index in [9.17, 15) is 5.26 Å². The zero-order chi connectivity index (χ0) is 15.6. The van der Waals surface area contributed by atoms with Crippen LogP contribution in [0.2, 0.25) is 0 Å². The molecule has 0 radical (unpaired) electrons. The summed E-state index contributed by atoms with van der Waals surface area (Å²) in [6.07, 6.45) is -0.919. The average Bonchev–Trinajstić information content (AvgIpc) is 2.59. The highest BCUT2D eigenvalue weighted by Crippen LogP contribution is 2.13. The number of ether oxygens (including phenoxy) is 2. The Balaban J connectivity index is 1.88. The van der Waals surface area contributed by atoms with Crippen LogP contribution in [0.5, 0.6) is 0 Å². The molecule has 0 N–H and O–H groups in total. The van der Waals surface area contributed by atoms with Gasteiger partial charge in [0.25, 0.3) is 0 Å². The van der Waals surface area contributed by atoms with E-state index in [2.05, 4.69) is 22.0 Å². The van der Waals surface area contributed by atoms with Gasteiger partial charge in [-0.05, 0) is 11.1 Å². The smallest absolute Gasteiger partial charge is 0.171 e. The number of nitriles is 1. The van der Waals surface area contributed by atoms with Crippen LogP contribution in [0.1, 0.15) is 11.1 Å². The topological polar surface area (TPSA) is 42.2 Å². The predicted molar refractivity (Wildman–Crippen MR) is 89.4 cm³/mol. The van der Waals surface area contributed by atoms with Gasteiger partial charge in [-0.15, -0.1) is 0 Å². The number of benzene rings is 2. The van der Waals surface area contributed by atoms with Gasteiger partial charge in [0.05, 0.1) is 19.3 Å². The SMILES string of the molecule is N#C[C@@H](OCc1ccccc1)[C@@H](CBr)OCc1ccccc1. The Morgan fingerprint density at radius 3 is 1.82 bits per heavy atom. The molecule has 2 aromatic carbocycles. The number of hydrogen-bond donors (Lipinski definition) is 0. The predicted octanol–water partition coefficient (Wildman–Crippen LogP) is 4.08. The van der Waals surface area contributed by atoms with E-state index in [0.717, 1.165) is 11.1 Å². The second-order valence-electron chi connectivity index (χ2n) is 4.84. The Kier molecular flexibility index (Phi) is 7.11. The summed E-state index contributed by atoms with van der Waals surface area (Å²) in [4.78, 5) is 0. The molecule has 2 aromatic rings. The highest BCUT2D eigenvalue weighted by Gasteiger charge is 2.22. The van der Waals surface area contributed by atoms with E-state index in [-0.39, 0.29) is 6.10 Å². The van der Waals surface area contributed by atoms with E-state index < -0.39 is 6.10 Å². The minimum absolute atomic E-state index is 0.311. The van der Waals surface area contributed by atoms with Crippen LogP contribution in [0.3, 0.4) is 0 Å². The Hall–Kier alpha value is -1.67. The largest absolute Gasteiger partial charge is 0.369 e. The van der Waals surface area contributed by atoms with Crippen molar-refractivity contribution in [2.45, 2.75) is 25.4 Å². The molecule has 0 amide bonds. The normalized spacial score (nSPS) is 13.3. The zero-order valence-corrected chi connectivity index (χ0v) is 13.8. The van der Waals surface area contributed by atoms with Crippen LogP contribution in [0.4, 0.5) is 0 Å².